The van der Waals surface area contributed by atoms with Crippen LogP contribution in [0.15, 0.2) is 121 Å². The van der Waals surface area contributed by atoms with Crippen LogP contribution < -0.4 is 16.0 Å². The number of hydrogen-bond donors (Lipinski definition) is 3. The number of alkyl carbamates (subject to hydrolysis) is 1. The fourth-order valence-electron chi connectivity index (χ4n) is 6.60. The number of unbranched alkanes of at least 4 members (excludes halogenated alkanes) is 1. The maximum absolute atomic E-state index is 13.6. The molecule has 3 N–H and O–H groups in total. The fraction of sp³-hybridized carbons (Fsp3) is 0.426. The summed E-state index contributed by atoms with van der Waals surface area (Å²) in [7, 11) is 1.26. The molecular weight excluding hydrogens is 767 g/mol. The van der Waals surface area contributed by atoms with E-state index in [1.165, 1.54) is 7.11 Å². The smallest absolute Gasteiger partial charge is 0.408 e. The summed E-state index contributed by atoms with van der Waals surface area (Å²) in [5.41, 5.74) is 3.15. The average molecular weight is 826 g/mol. The Hall–Kier alpha value is -5.31. The zero-order chi connectivity index (χ0) is 42.6. The van der Waals surface area contributed by atoms with Gasteiger partial charge in [-0.3, -0.25) is 0 Å². The van der Waals surface area contributed by atoms with Gasteiger partial charge in [-0.2, -0.15) is 0 Å². The summed E-state index contributed by atoms with van der Waals surface area (Å²) in [6, 6.07) is 37.9. The zero-order valence-corrected chi connectivity index (χ0v) is 35.0. The molecule has 13 nitrogen and oxygen atoms in total. The summed E-state index contributed by atoms with van der Waals surface area (Å²) >= 11 is 0. The van der Waals surface area contributed by atoms with Crippen LogP contribution in [0, 0.1) is 0 Å². The molecule has 1 aliphatic rings. The van der Waals surface area contributed by atoms with Gasteiger partial charge in [0.2, 0.25) is 0 Å². The van der Waals surface area contributed by atoms with E-state index >= 15 is 0 Å². The number of urea groups is 1. The highest BCUT2D eigenvalue weighted by Crippen LogP contribution is 2.30. The van der Waals surface area contributed by atoms with E-state index in [0.717, 1.165) is 22.3 Å². The number of ether oxygens (including phenoxy) is 7. The Bertz CT molecular complexity index is 1850. The first-order valence-corrected chi connectivity index (χ1v) is 20.4. The minimum atomic E-state index is -0.974. The largest absolute Gasteiger partial charge is 0.467 e. The lowest BCUT2D eigenvalue weighted by Gasteiger charge is -2.46. The van der Waals surface area contributed by atoms with Crippen LogP contribution in [-0.2, 0) is 64.4 Å². The number of rotatable bonds is 21. The number of hydrogen-bond acceptors (Lipinski definition) is 10. The number of benzene rings is 4. The highest BCUT2D eigenvalue weighted by atomic mass is 16.6. The van der Waals surface area contributed by atoms with Gasteiger partial charge in [0.25, 0.3) is 0 Å². The summed E-state index contributed by atoms with van der Waals surface area (Å²) < 4.78 is 43.3. The number of carbonyl (C=O) groups is 3. The van der Waals surface area contributed by atoms with Crippen molar-refractivity contribution in [3.05, 3.63) is 144 Å². The summed E-state index contributed by atoms with van der Waals surface area (Å²) in [4.78, 5) is 38.4. The summed E-state index contributed by atoms with van der Waals surface area (Å²) in [5.74, 6) is -0.583. The van der Waals surface area contributed by atoms with Gasteiger partial charge in [-0.25, -0.2) is 14.4 Å². The average Bonchev–Trinajstić information content (AvgIpc) is 3.25. The van der Waals surface area contributed by atoms with Crippen LogP contribution in [0.1, 0.15) is 62.3 Å². The van der Waals surface area contributed by atoms with Crippen LogP contribution in [0.5, 0.6) is 0 Å². The van der Waals surface area contributed by atoms with Crippen molar-refractivity contribution in [3.8, 4) is 0 Å². The second-order valence-electron chi connectivity index (χ2n) is 15.5. The SMILES string of the molecule is COC(=O)[C@H](CCCCNC(=O)N[C@@H]1OC(COCc2ccccc2)[C@@H](OCc2ccccc2)[C@H](OCc2ccccc2)C1OCc1ccccc1)NC(=O)OC(C)(C)C. The van der Waals surface area contributed by atoms with Crippen LogP contribution in [0.2, 0.25) is 0 Å². The molecule has 1 fully saturated rings. The van der Waals surface area contributed by atoms with Gasteiger partial charge in [-0.05, 0) is 62.3 Å². The minimum Gasteiger partial charge on any atom is -0.467 e. The maximum atomic E-state index is 13.6. The van der Waals surface area contributed by atoms with Crippen molar-refractivity contribution in [2.24, 2.45) is 0 Å². The molecule has 4 aromatic rings. The molecule has 1 aliphatic heterocycles. The van der Waals surface area contributed by atoms with Gasteiger partial charge in [-0.1, -0.05) is 121 Å². The Labute approximate surface area is 353 Å². The molecule has 6 atom stereocenters. The quantitative estimate of drug-likeness (QED) is 0.0581. The number of carbonyl (C=O) groups excluding carboxylic acids is 3. The molecule has 0 aliphatic carbocycles. The Morgan fingerprint density at radius 3 is 1.63 bits per heavy atom. The van der Waals surface area contributed by atoms with E-state index < -0.39 is 60.4 Å². The van der Waals surface area contributed by atoms with Crippen molar-refractivity contribution in [2.75, 3.05) is 20.3 Å². The predicted molar refractivity (Wildman–Crippen MR) is 225 cm³/mol. The van der Waals surface area contributed by atoms with Crippen molar-refractivity contribution in [1.29, 1.82) is 0 Å². The van der Waals surface area contributed by atoms with Gasteiger partial charge in [-0.15, -0.1) is 0 Å². The van der Waals surface area contributed by atoms with E-state index in [4.69, 9.17) is 33.2 Å². The molecule has 2 unspecified atom stereocenters. The van der Waals surface area contributed by atoms with Crippen LogP contribution in [-0.4, -0.2) is 80.6 Å². The second-order valence-corrected chi connectivity index (χ2v) is 15.5. The standard InChI is InChI=1S/C47H59N3O10/c1-47(2,3)60-46(53)49-38(44(51)54-4)27-17-18-28-48-45(52)50-43-42(58-32-37-25-15-8-16-26-37)41(57-31-36-23-13-7-14-24-36)40(56-30-35-21-11-6-12-22-35)39(59-43)33-55-29-34-19-9-5-10-20-34/h5-16,19-26,38-43H,17-18,27-33H2,1-4H3,(H,49,53)(H2,48,50,52)/t38-,39?,40+,41-,42?,43+/m0/s1. The topological polar surface area (TPSA) is 152 Å². The molecular formula is C47H59N3O10. The number of nitrogens with one attached hydrogen (secondary N) is 3. The molecule has 1 saturated heterocycles. The van der Waals surface area contributed by atoms with Gasteiger partial charge in [0.15, 0.2) is 6.23 Å². The monoisotopic (exact) mass is 825 g/mol. The lowest BCUT2D eigenvalue weighted by atomic mass is 9.97. The summed E-state index contributed by atoms with van der Waals surface area (Å²) in [6.07, 6.45) is -3.27. The van der Waals surface area contributed by atoms with E-state index in [1.807, 2.05) is 121 Å². The second kappa shape index (κ2) is 24.1. The van der Waals surface area contributed by atoms with E-state index in [1.54, 1.807) is 20.8 Å². The molecule has 13 heteroatoms. The third kappa shape index (κ3) is 15.7. The molecule has 60 heavy (non-hydrogen) atoms. The number of amides is 3. The lowest BCUT2D eigenvalue weighted by molar-refractivity contribution is -0.275. The van der Waals surface area contributed by atoms with Crippen LogP contribution in [0.3, 0.4) is 0 Å². The minimum absolute atomic E-state index is 0.142. The van der Waals surface area contributed by atoms with Crippen molar-refractivity contribution >= 4 is 18.1 Å². The van der Waals surface area contributed by atoms with E-state index in [-0.39, 0.29) is 39.4 Å². The molecule has 1 heterocycles. The first kappa shape index (κ1) is 45.8. The predicted octanol–water partition coefficient (Wildman–Crippen LogP) is 7.22. The normalized spacial score (nSPS) is 19.4. The van der Waals surface area contributed by atoms with Crippen molar-refractivity contribution < 1.29 is 47.5 Å². The Morgan fingerprint density at radius 1 is 0.650 bits per heavy atom. The molecule has 0 radical (unpaired) electrons. The highest BCUT2D eigenvalue weighted by Gasteiger charge is 2.49. The Morgan fingerprint density at radius 2 is 1.13 bits per heavy atom. The molecule has 322 valence electrons. The first-order valence-electron chi connectivity index (χ1n) is 20.4. The van der Waals surface area contributed by atoms with Crippen molar-refractivity contribution in [3.63, 3.8) is 0 Å². The van der Waals surface area contributed by atoms with Crippen LogP contribution in [0.25, 0.3) is 0 Å². The van der Waals surface area contributed by atoms with Gasteiger partial charge in [0.05, 0.1) is 40.1 Å². The molecule has 0 aromatic heterocycles. The molecule has 5 rings (SSSR count). The Balaban J connectivity index is 1.32. The molecule has 0 spiro atoms. The van der Waals surface area contributed by atoms with Gasteiger partial charge < -0.3 is 49.1 Å². The van der Waals surface area contributed by atoms with Gasteiger partial charge >= 0.3 is 18.1 Å². The van der Waals surface area contributed by atoms with Crippen molar-refractivity contribution in [1.82, 2.24) is 16.0 Å². The molecule has 4 aromatic carbocycles. The van der Waals surface area contributed by atoms with Crippen molar-refractivity contribution in [2.45, 2.75) is 109 Å². The van der Waals surface area contributed by atoms with Crippen LogP contribution in [0.4, 0.5) is 9.59 Å². The highest BCUT2D eigenvalue weighted by molar-refractivity contribution is 5.81. The first-order chi connectivity index (χ1) is 29.1. The fourth-order valence-corrected chi connectivity index (χ4v) is 6.60. The van der Waals surface area contributed by atoms with Crippen LogP contribution >= 0.6 is 0 Å². The maximum Gasteiger partial charge on any atom is 0.408 e. The summed E-state index contributed by atoms with van der Waals surface area (Å²) in [5, 5.41) is 8.49. The molecule has 3 amide bonds. The number of esters is 1. The Kier molecular flexibility index (Phi) is 18.4. The van der Waals surface area contributed by atoms with E-state index in [0.29, 0.717) is 19.4 Å². The third-order valence-corrected chi connectivity index (χ3v) is 9.54. The van der Waals surface area contributed by atoms with Gasteiger partial charge in [0, 0.05) is 6.54 Å². The number of methoxy groups -OCH3 is 1. The summed E-state index contributed by atoms with van der Waals surface area (Å²) in [6.45, 7) is 6.74. The third-order valence-electron chi connectivity index (χ3n) is 9.54. The zero-order valence-electron chi connectivity index (χ0n) is 35.0. The van der Waals surface area contributed by atoms with E-state index in [2.05, 4.69) is 16.0 Å². The molecule has 0 saturated carbocycles. The lowest BCUT2D eigenvalue weighted by Crippen LogP contribution is -2.66. The van der Waals surface area contributed by atoms with E-state index in [9.17, 15) is 14.4 Å². The molecule has 0 bridgehead atoms. The van der Waals surface area contributed by atoms with Gasteiger partial charge in [0.1, 0.15) is 36.1 Å².